The summed E-state index contributed by atoms with van der Waals surface area (Å²) in [6, 6.07) is 1.70. The second kappa shape index (κ2) is 6.02. The van der Waals surface area contributed by atoms with Gasteiger partial charge in [-0.15, -0.1) is 0 Å². The molecular weight excluding hydrogens is 316 g/mol. The topological polar surface area (TPSA) is 42.0 Å². The Labute approximate surface area is 120 Å². The van der Waals surface area contributed by atoms with Gasteiger partial charge in [0, 0.05) is 17.2 Å². The Bertz CT molecular complexity index is 453. The monoisotopic (exact) mass is 330 g/mol. The molecule has 0 aromatic carbocycles. The summed E-state index contributed by atoms with van der Waals surface area (Å²) < 4.78 is 0.756. The summed E-state index contributed by atoms with van der Waals surface area (Å²) in [5.74, 6) is 1.24. The van der Waals surface area contributed by atoms with Gasteiger partial charge in [-0.3, -0.25) is 4.79 Å². The summed E-state index contributed by atoms with van der Waals surface area (Å²) in [6.45, 7) is 2.99. The van der Waals surface area contributed by atoms with Crippen LogP contribution in [0, 0.1) is 11.8 Å². The Morgan fingerprint density at radius 2 is 2.39 bits per heavy atom. The van der Waals surface area contributed by atoms with Gasteiger partial charge in [0.15, 0.2) is 0 Å². The smallest absolute Gasteiger partial charge is 0.254 e. The number of nitrogens with zero attached hydrogens (tertiary/aromatic N) is 1. The second-order valence-electron chi connectivity index (χ2n) is 4.99. The SMILES string of the molecule is CC1CCC(CNC(=O)c2cc(Br)cnc2Cl)C1. The van der Waals surface area contributed by atoms with Crippen molar-refractivity contribution in [1.29, 1.82) is 0 Å². The lowest BCUT2D eigenvalue weighted by atomic mass is 10.1. The molecular formula is C13H16BrClN2O. The van der Waals surface area contributed by atoms with E-state index in [1.165, 1.54) is 19.3 Å². The van der Waals surface area contributed by atoms with E-state index in [2.05, 4.69) is 33.2 Å². The molecule has 98 valence electrons. The first-order valence-electron chi connectivity index (χ1n) is 6.15. The fourth-order valence-electron chi connectivity index (χ4n) is 2.42. The van der Waals surface area contributed by atoms with Crippen molar-refractivity contribution in [3.8, 4) is 0 Å². The first kappa shape index (κ1) is 13.8. The molecule has 1 aromatic rings. The lowest BCUT2D eigenvalue weighted by Gasteiger charge is -2.11. The Hall–Kier alpha value is -0.610. The van der Waals surface area contributed by atoms with Crippen molar-refractivity contribution in [3.63, 3.8) is 0 Å². The molecule has 0 radical (unpaired) electrons. The quantitative estimate of drug-likeness (QED) is 0.859. The van der Waals surface area contributed by atoms with Gasteiger partial charge in [-0.05, 0) is 46.7 Å². The van der Waals surface area contributed by atoms with Crippen LogP contribution >= 0.6 is 27.5 Å². The van der Waals surface area contributed by atoms with Crippen LogP contribution in [0.1, 0.15) is 36.5 Å². The van der Waals surface area contributed by atoms with Gasteiger partial charge in [-0.1, -0.05) is 24.9 Å². The van der Waals surface area contributed by atoms with Crippen LogP contribution < -0.4 is 5.32 Å². The van der Waals surface area contributed by atoms with Crippen LogP contribution in [0.2, 0.25) is 5.15 Å². The molecule has 1 fully saturated rings. The molecule has 1 saturated carbocycles. The summed E-state index contributed by atoms with van der Waals surface area (Å²) in [5, 5.41) is 3.19. The van der Waals surface area contributed by atoms with E-state index in [0.717, 1.165) is 16.9 Å². The molecule has 18 heavy (non-hydrogen) atoms. The Kier molecular flexibility index (Phi) is 4.62. The van der Waals surface area contributed by atoms with E-state index in [4.69, 9.17) is 11.6 Å². The van der Waals surface area contributed by atoms with Gasteiger partial charge in [0.05, 0.1) is 5.56 Å². The predicted molar refractivity (Wildman–Crippen MR) is 75.8 cm³/mol. The van der Waals surface area contributed by atoms with Gasteiger partial charge < -0.3 is 5.32 Å². The predicted octanol–water partition coefficient (Wildman–Crippen LogP) is 3.66. The molecule has 2 rings (SSSR count). The number of halogens is 2. The normalized spacial score (nSPS) is 23.1. The van der Waals surface area contributed by atoms with E-state index >= 15 is 0 Å². The fourth-order valence-corrected chi connectivity index (χ4v) is 2.94. The molecule has 1 aliphatic rings. The zero-order valence-corrected chi connectivity index (χ0v) is 12.6. The summed E-state index contributed by atoms with van der Waals surface area (Å²) >= 11 is 9.21. The molecule has 2 atom stereocenters. The van der Waals surface area contributed by atoms with Gasteiger partial charge in [-0.2, -0.15) is 0 Å². The Morgan fingerprint density at radius 3 is 3.06 bits per heavy atom. The van der Waals surface area contributed by atoms with Crippen molar-refractivity contribution < 1.29 is 4.79 Å². The molecule has 0 spiro atoms. The number of hydrogen-bond donors (Lipinski definition) is 1. The molecule has 0 saturated heterocycles. The van der Waals surface area contributed by atoms with Crippen LogP contribution in [-0.2, 0) is 0 Å². The highest BCUT2D eigenvalue weighted by Gasteiger charge is 2.22. The highest BCUT2D eigenvalue weighted by molar-refractivity contribution is 9.10. The second-order valence-corrected chi connectivity index (χ2v) is 6.26. The molecule has 2 unspecified atom stereocenters. The number of carbonyl (C=O) groups excluding carboxylic acids is 1. The van der Waals surface area contributed by atoms with Crippen molar-refractivity contribution in [2.24, 2.45) is 11.8 Å². The number of carbonyl (C=O) groups is 1. The van der Waals surface area contributed by atoms with Crippen LogP contribution in [-0.4, -0.2) is 17.4 Å². The molecule has 1 amide bonds. The maximum atomic E-state index is 12.0. The van der Waals surface area contributed by atoms with Crippen LogP contribution in [0.4, 0.5) is 0 Å². The van der Waals surface area contributed by atoms with Crippen molar-refractivity contribution in [2.45, 2.75) is 26.2 Å². The van der Waals surface area contributed by atoms with Crippen molar-refractivity contribution in [2.75, 3.05) is 6.54 Å². The van der Waals surface area contributed by atoms with Gasteiger partial charge in [0.25, 0.3) is 5.91 Å². The summed E-state index contributed by atoms with van der Waals surface area (Å²) in [5.41, 5.74) is 0.428. The van der Waals surface area contributed by atoms with Crippen molar-refractivity contribution in [3.05, 3.63) is 27.5 Å². The van der Waals surface area contributed by atoms with Crippen LogP contribution in [0.15, 0.2) is 16.7 Å². The first-order chi connectivity index (χ1) is 8.56. The third-order valence-electron chi connectivity index (χ3n) is 3.41. The van der Waals surface area contributed by atoms with E-state index < -0.39 is 0 Å². The number of hydrogen-bond acceptors (Lipinski definition) is 2. The molecule has 5 heteroatoms. The average Bonchev–Trinajstić information content (AvgIpc) is 2.75. The highest BCUT2D eigenvalue weighted by atomic mass is 79.9. The Balaban J connectivity index is 1.93. The lowest BCUT2D eigenvalue weighted by molar-refractivity contribution is 0.0947. The van der Waals surface area contributed by atoms with Gasteiger partial charge in [0.2, 0.25) is 0 Å². The first-order valence-corrected chi connectivity index (χ1v) is 7.32. The Morgan fingerprint density at radius 1 is 1.61 bits per heavy atom. The van der Waals surface area contributed by atoms with Crippen LogP contribution in [0.5, 0.6) is 0 Å². The maximum Gasteiger partial charge on any atom is 0.254 e. The summed E-state index contributed by atoms with van der Waals surface area (Å²) in [6.07, 6.45) is 5.24. The molecule has 3 nitrogen and oxygen atoms in total. The van der Waals surface area contributed by atoms with E-state index in [1.54, 1.807) is 12.3 Å². The number of nitrogens with one attached hydrogen (secondary N) is 1. The van der Waals surface area contributed by atoms with Crippen LogP contribution in [0.3, 0.4) is 0 Å². The minimum absolute atomic E-state index is 0.145. The maximum absolute atomic E-state index is 12.0. The van der Waals surface area contributed by atoms with Crippen molar-refractivity contribution >= 4 is 33.4 Å². The highest BCUT2D eigenvalue weighted by Crippen LogP contribution is 2.29. The van der Waals surface area contributed by atoms with E-state index in [0.29, 0.717) is 11.5 Å². The summed E-state index contributed by atoms with van der Waals surface area (Å²) in [4.78, 5) is 15.9. The van der Waals surface area contributed by atoms with Gasteiger partial charge >= 0.3 is 0 Å². The van der Waals surface area contributed by atoms with Crippen molar-refractivity contribution in [1.82, 2.24) is 10.3 Å². The van der Waals surface area contributed by atoms with E-state index in [-0.39, 0.29) is 11.1 Å². The molecule has 1 aliphatic carbocycles. The number of amides is 1. The standard InChI is InChI=1S/C13H16BrClN2O/c1-8-2-3-9(4-8)6-17-13(18)11-5-10(14)7-16-12(11)15/h5,7-9H,2-4,6H2,1H3,(H,17,18). The lowest BCUT2D eigenvalue weighted by Crippen LogP contribution is -2.28. The molecule has 0 aliphatic heterocycles. The summed E-state index contributed by atoms with van der Waals surface area (Å²) in [7, 11) is 0. The fraction of sp³-hybridized carbons (Fsp3) is 0.538. The minimum atomic E-state index is -0.145. The van der Waals surface area contributed by atoms with E-state index in [1.807, 2.05) is 0 Å². The zero-order valence-electron chi connectivity index (χ0n) is 10.2. The number of pyridine rings is 1. The number of aromatic nitrogens is 1. The molecule has 0 bridgehead atoms. The minimum Gasteiger partial charge on any atom is -0.352 e. The van der Waals surface area contributed by atoms with Gasteiger partial charge in [-0.25, -0.2) is 4.98 Å². The third kappa shape index (κ3) is 3.45. The molecule has 1 aromatic heterocycles. The molecule has 1 N–H and O–H groups in total. The molecule has 1 heterocycles. The third-order valence-corrected chi connectivity index (χ3v) is 4.14. The largest absolute Gasteiger partial charge is 0.352 e. The zero-order chi connectivity index (χ0) is 13.1. The van der Waals surface area contributed by atoms with Gasteiger partial charge in [0.1, 0.15) is 5.15 Å². The number of rotatable bonds is 3. The van der Waals surface area contributed by atoms with Crippen LogP contribution in [0.25, 0.3) is 0 Å². The van der Waals surface area contributed by atoms with E-state index in [9.17, 15) is 4.79 Å². The average molecular weight is 332 g/mol.